The first kappa shape index (κ1) is 14.7. The zero-order chi connectivity index (χ0) is 13.5. The molecule has 9 heteroatoms. The minimum atomic E-state index is -0.888. The van der Waals surface area contributed by atoms with Crippen LogP contribution in [0, 0.1) is 0 Å². The Kier molecular flexibility index (Phi) is 5.86. The van der Waals surface area contributed by atoms with Crippen LogP contribution in [0.3, 0.4) is 0 Å². The Balaban J connectivity index is 2.31. The Hall–Kier alpha value is -1.35. The van der Waals surface area contributed by atoms with Gasteiger partial charge in [0, 0.05) is 27.1 Å². The summed E-state index contributed by atoms with van der Waals surface area (Å²) in [5.74, 6) is -0.887. The number of amides is 1. The molecule has 2 N–H and O–H groups in total. The van der Waals surface area contributed by atoms with Crippen LogP contribution in [0.1, 0.15) is 6.42 Å². The summed E-state index contributed by atoms with van der Waals surface area (Å²) in [5.41, 5.74) is 0. The molecule has 1 aromatic rings. The summed E-state index contributed by atoms with van der Waals surface area (Å²) in [4.78, 5) is 23.2. The van der Waals surface area contributed by atoms with Crippen LogP contribution in [-0.2, 0) is 9.59 Å². The van der Waals surface area contributed by atoms with Gasteiger partial charge in [-0.25, -0.2) is 0 Å². The molecule has 18 heavy (non-hydrogen) atoms. The number of carboxylic acids is 1. The molecule has 0 aliphatic rings. The lowest BCUT2D eigenvalue weighted by Crippen LogP contribution is -2.23. The van der Waals surface area contributed by atoms with Gasteiger partial charge >= 0.3 is 5.97 Å². The van der Waals surface area contributed by atoms with E-state index >= 15 is 0 Å². The van der Waals surface area contributed by atoms with Gasteiger partial charge in [0.2, 0.25) is 11.0 Å². The average Bonchev–Trinajstić information content (AvgIpc) is 2.74. The number of carbonyl (C=O) groups is 2. The van der Waals surface area contributed by atoms with Crippen molar-refractivity contribution in [2.75, 3.05) is 31.7 Å². The normalized spacial score (nSPS) is 10.1. The molecule has 100 valence electrons. The van der Waals surface area contributed by atoms with Gasteiger partial charge in [-0.05, 0) is 0 Å². The van der Waals surface area contributed by atoms with Crippen molar-refractivity contribution in [2.45, 2.75) is 10.8 Å². The lowest BCUT2D eigenvalue weighted by molar-refractivity contribution is -0.134. The number of rotatable bonds is 7. The average molecular weight is 290 g/mol. The summed E-state index contributed by atoms with van der Waals surface area (Å²) < 4.78 is 0.596. The molecule has 0 bridgehead atoms. The summed E-state index contributed by atoms with van der Waals surface area (Å²) in [6.45, 7) is 0.481. The van der Waals surface area contributed by atoms with Gasteiger partial charge in [-0.2, -0.15) is 0 Å². The first-order chi connectivity index (χ1) is 8.49. The number of aliphatic carboxylic acids is 1. The van der Waals surface area contributed by atoms with Gasteiger partial charge in [-0.15, -0.1) is 10.2 Å². The third-order valence-corrected chi connectivity index (χ3v) is 3.84. The van der Waals surface area contributed by atoms with Crippen molar-refractivity contribution < 1.29 is 14.7 Å². The predicted octanol–water partition coefficient (Wildman–Crippen LogP) is 0.605. The third-order valence-electron chi connectivity index (χ3n) is 1.84. The second-order valence-electron chi connectivity index (χ2n) is 3.52. The highest BCUT2D eigenvalue weighted by Gasteiger charge is 2.08. The van der Waals surface area contributed by atoms with Gasteiger partial charge in [-0.1, -0.05) is 23.1 Å². The van der Waals surface area contributed by atoms with Crippen LogP contribution in [0.5, 0.6) is 0 Å². The Morgan fingerprint density at radius 2 is 2.17 bits per heavy atom. The Bertz CT molecular complexity index is 422. The second-order valence-corrected chi connectivity index (χ2v) is 5.72. The highest BCUT2D eigenvalue weighted by molar-refractivity contribution is 8.01. The van der Waals surface area contributed by atoms with Crippen molar-refractivity contribution >= 4 is 40.1 Å². The number of nitrogens with one attached hydrogen (secondary N) is 1. The fourth-order valence-electron chi connectivity index (χ4n) is 0.963. The molecule has 0 aromatic carbocycles. The Morgan fingerprint density at radius 1 is 1.44 bits per heavy atom. The van der Waals surface area contributed by atoms with Crippen LogP contribution in [0.15, 0.2) is 4.34 Å². The Morgan fingerprint density at radius 3 is 2.78 bits per heavy atom. The first-order valence-corrected chi connectivity index (χ1v) is 6.91. The van der Waals surface area contributed by atoms with Crippen molar-refractivity contribution in [1.82, 2.24) is 15.1 Å². The van der Waals surface area contributed by atoms with E-state index in [1.54, 1.807) is 14.1 Å². The molecule has 0 atom stereocenters. The van der Waals surface area contributed by atoms with Gasteiger partial charge in [0.15, 0.2) is 4.34 Å². The number of carbonyl (C=O) groups excluding carboxylic acids is 1. The van der Waals surface area contributed by atoms with Gasteiger partial charge in [-0.3, -0.25) is 9.59 Å². The van der Waals surface area contributed by atoms with Crippen LogP contribution < -0.4 is 5.32 Å². The smallest absolute Gasteiger partial charge is 0.313 e. The maximum atomic E-state index is 11.3. The molecule has 1 aromatic heterocycles. The molecular formula is C9H14N4O3S2. The first-order valence-electron chi connectivity index (χ1n) is 5.11. The molecule has 1 amide bonds. The van der Waals surface area contributed by atoms with Crippen molar-refractivity contribution in [3.63, 3.8) is 0 Å². The number of aromatic nitrogens is 2. The lowest BCUT2D eigenvalue weighted by Gasteiger charge is -2.09. The minimum Gasteiger partial charge on any atom is -0.481 e. The van der Waals surface area contributed by atoms with Crippen LogP contribution in [-0.4, -0.2) is 58.5 Å². The molecule has 1 rings (SSSR count). The van der Waals surface area contributed by atoms with Crippen LogP contribution in [0.2, 0.25) is 0 Å². The maximum Gasteiger partial charge on any atom is 0.313 e. The molecule has 7 nitrogen and oxygen atoms in total. The fraction of sp³-hybridized carbons (Fsp3) is 0.556. The van der Waals surface area contributed by atoms with Gasteiger partial charge in [0.25, 0.3) is 0 Å². The van der Waals surface area contributed by atoms with E-state index in [1.807, 2.05) is 0 Å². The number of carboxylic acid groups (broad SMARTS) is 1. The summed E-state index contributed by atoms with van der Waals surface area (Å²) in [7, 11) is 3.40. The molecule has 0 unspecified atom stereocenters. The number of anilines is 1. The van der Waals surface area contributed by atoms with E-state index in [4.69, 9.17) is 5.11 Å². The molecule has 0 spiro atoms. The third kappa shape index (κ3) is 5.32. The van der Waals surface area contributed by atoms with E-state index in [-0.39, 0.29) is 11.7 Å². The second kappa shape index (κ2) is 7.17. The van der Waals surface area contributed by atoms with Crippen molar-refractivity contribution in [2.24, 2.45) is 0 Å². The van der Waals surface area contributed by atoms with Gasteiger partial charge in [0.1, 0.15) is 0 Å². The Labute approximate surface area is 113 Å². The summed E-state index contributed by atoms with van der Waals surface area (Å²) in [5, 5.41) is 19.8. The topological polar surface area (TPSA) is 95.4 Å². The van der Waals surface area contributed by atoms with Crippen LogP contribution >= 0.6 is 23.1 Å². The molecule has 0 saturated heterocycles. The van der Waals surface area contributed by atoms with E-state index < -0.39 is 5.97 Å². The molecule has 1 heterocycles. The van der Waals surface area contributed by atoms with Gasteiger partial charge in [0.05, 0.1) is 5.75 Å². The van der Waals surface area contributed by atoms with E-state index in [1.165, 1.54) is 16.2 Å². The zero-order valence-corrected chi connectivity index (χ0v) is 11.7. The highest BCUT2D eigenvalue weighted by Crippen LogP contribution is 2.25. The zero-order valence-electron chi connectivity index (χ0n) is 10.0. The number of hydrogen-bond donors (Lipinski definition) is 2. The molecule has 0 aliphatic carbocycles. The van der Waals surface area contributed by atoms with E-state index in [9.17, 15) is 9.59 Å². The van der Waals surface area contributed by atoms with Gasteiger partial charge < -0.3 is 15.3 Å². The minimum absolute atomic E-state index is 0.0340. The summed E-state index contributed by atoms with van der Waals surface area (Å²) in [6.07, 6.45) is 0.379. The number of nitrogens with zero attached hydrogens (tertiary/aromatic N) is 3. The van der Waals surface area contributed by atoms with Crippen LogP contribution in [0.25, 0.3) is 0 Å². The van der Waals surface area contributed by atoms with E-state index in [2.05, 4.69) is 15.5 Å². The van der Waals surface area contributed by atoms with Crippen molar-refractivity contribution in [3.05, 3.63) is 0 Å². The largest absolute Gasteiger partial charge is 0.481 e. The van der Waals surface area contributed by atoms with Crippen molar-refractivity contribution in [1.29, 1.82) is 0 Å². The maximum absolute atomic E-state index is 11.3. The molecular weight excluding hydrogens is 276 g/mol. The SMILES string of the molecule is CN(C)C(=O)CCNc1nnc(SCC(=O)O)s1. The molecule has 0 saturated carbocycles. The fourth-order valence-corrected chi connectivity index (χ4v) is 2.46. The number of hydrogen-bond acceptors (Lipinski definition) is 7. The van der Waals surface area contributed by atoms with Crippen molar-refractivity contribution in [3.8, 4) is 0 Å². The molecule has 0 fully saturated rings. The lowest BCUT2D eigenvalue weighted by atomic mass is 10.4. The summed E-state index contributed by atoms with van der Waals surface area (Å²) in [6, 6.07) is 0. The van der Waals surface area contributed by atoms with E-state index in [0.717, 1.165) is 11.8 Å². The predicted molar refractivity (Wildman–Crippen MR) is 70.1 cm³/mol. The quantitative estimate of drug-likeness (QED) is 0.710. The van der Waals surface area contributed by atoms with Crippen LogP contribution in [0.4, 0.5) is 5.13 Å². The molecule has 0 radical (unpaired) electrons. The standard InChI is InChI=1S/C9H14N4O3S2/c1-13(2)6(14)3-4-10-8-11-12-9(18-8)17-5-7(15)16/h3-5H2,1-2H3,(H,10,11)(H,15,16). The van der Waals surface area contributed by atoms with E-state index in [0.29, 0.717) is 22.4 Å². The number of thioether (sulfide) groups is 1. The summed E-state index contributed by atoms with van der Waals surface area (Å²) >= 11 is 2.40. The molecule has 0 aliphatic heterocycles. The monoisotopic (exact) mass is 290 g/mol. The highest BCUT2D eigenvalue weighted by atomic mass is 32.2.